The minimum atomic E-state index is 0.0898. The summed E-state index contributed by atoms with van der Waals surface area (Å²) in [7, 11) is 0. The molecule has 3 aliphatic heterocycles. The Kier molecular flexibility index (Phi) is 4.94. The highest BCUT2D eigenvalue weighted by atomic mass is 16.5. The van der Waals surface area contributed by atoms with Gasteiger partial charge in [-0.2, -0.15) is 0 Å². The number of carbonyl (C=O) groups excluding carboxylic acids is 2. The van der Waals surface area contributed by atoms with Crippen molar-refractivity contribution in [3.63, 3.8) is 0 Å². The number of carbonyl (C=O) groups is 2. The van der Waals surface area contributed by atoms with Crippen molar-refractivity contribution in [1.82, 2.24) is 14.8 Å². The van der Waals surface area contributed by atoms with Crippen molar-refractivity contribution in [3.8, 4) is 0 Å². The lowest BCUT2D eigenvalue weighted by atomic mass is 9.94. The number of fused-ring (bicyclic) bond motifs is 1. The molecule has 4 rings (SSSR count). The van der Waals surface area contributed by atoms with E-state index in [0.29, 0.717) is 26.2 Å². The zero-order valence-corrected chi connectivity index (χ0v) is 15.4. The molecule has 0 radical (unpaired) electrons. The number of likely N-dealkylation sites (tertiary alicyclic amines) is 2. The largest absolute Gasteiger partial charge is 0.381 e. The molecule has 1 aromatic heterocycles. The molecular formula is C20H27N3O3. The number of ether oxygens (including phenoxy) is 1. The topological polar surface area (TPSA) is 62.7 Å². The van der Waals surface area contributed by atoms with Crippen LogP contribution < -0.4 is 0 Å². The number of pyridine rings is 1. The van der Waals surface area contributed by atoms with Crippen LogP contribution in [0.25, 0.3) is 0 Å². The van der Waals surface area contributed by atoms with Crippen LogP contribution in [0.15, 0.2) is 18.2 Å². The Bertz CT molecular complexity index is 687. The molecule has 0 bridgehead atoms. The van der Waals surface area contributed by atoms with Crippen molar-refractivity contribution in [2.24, 2.45) is 5.92 Å². The van der Waals surface area contributed by atoms with Crippen LogP contribution >= 0.6 is 0 Å². The molecule has 140 valence electrons. The molecular weight excluding hydrogens is 330 g/mol. The molecule has 2 amide bonds. The van der Waals surface area contributed by atoms with Gasteiger partial charge >= 0.3 is 0 Å². The summed E-state index contributed by atoms with van der Waals surface area (Å²) in [6.45, 7) is 4.63. The van der Waals surface area contributed by atoms with Crippen molar-refractivity contribution in [1.29, 1.82) is 0 Å². The highest BCUT2D eigenvalue weighted by Gasteiger charge is 2.46. The number of rotatable bonds is 3. The Labute approximate surface area is 154 Å². The SMILES string of the molecule is Cc1cccc(CN2C(=O)CC[C@@H]3[C@H]2CCN3C(=O)C2CCOCC2)n1. The van der Waals surface area contributed by atoms with Gasteiger partial charge < -0.3 is 14.5 Å². The van der Waals surface area contributed by atoms with Crippen LogP contribution in [0.2, 0.25) is 0 Å². The summed E-state index contributed by atoms with van der Waals surface area (Å²) in [5.74, 6) is 0.547. The summed E-state index contributed by atoms with van der Waals surface area (Å²) >= 11 is 0. The normalized spacial score (nSPS) is 26.9. The van der Waals surface area contributed by atoms with Gasteiger partial charge in [0.15, 0.2) is 0 Å². The van der Waals surface area contributed by atoms with Crippen LogP contribution in [0.1, 0.15) is 43.5 Å². The fraction of sp³-hybridized carbons (Fsp3) is 0.650. The average Bonchev–Trinajstić information content (AvgIpc) is 3.08. The van der Waals surface area contributed by atoms with E-state index in [0.717, 1.165) is 43.6 Å². The Morgan fingerprint density at radius 3 is 2.77 bits per heavy atom. The Balaban J connectivity index is 1.48. The number of piperidine rings is 1. The number of amides is 2. The van der Waals surface area contributed by atoms with Crippen LogP contribution in [0.3, 0.4) is 0 Å². The molecule has 0 N–H and O–H groups in total. The second-order valence-corrected chi connectivity index (χ2v) is 7.67. The van der Waals surface area contributed by atoms with Gasteiger partial charge in [0.2, 0.25) is 11.8 Å². The Morgan fingerprint density at radius 1 is 1.19 bits per heavy atom. The lowest BCUT2D eigenvalue weighted by molar-refractivity contribution is -0.145. The van der Waals surface area contributed by atoms with Crippen LogP contribution in [-0.4, -0.2) is 58.4 Å². The number of aryl methyl sites for hydroxylation is 1. The van der Waals surface area contributed by atoms with Crippen LogP contribution in [0.5, 0.6) is 0 Å². The van der Waals surface area contributed by atoms with Gasteiger partial charge in [0.1, 0.15) is 0 Å². The molecule has 0 aliphatic carbocycles. The summed E-state index contributed by atoms with van der Waals surface area (Å²) in [4.78, 5) is 34.2. The van der Waals surface area contributed by atoms with Crippen LogP contribution in [-0.2, 0) is 20.9 Å². The third kappa shape index (κ3) is 3.34. The van der Waals surface area contributed by atoms with Crippen molar-refractivity contribution >= 4 is 11.8 Å². The van der Waals surface area contributed by atoms with Gasteiger partial charge in [0.05, 0.1) is 24.3 Å². The summed E-state index contributed by atoms with van der Waals surface area (Å²) in [6.07, 6.45) is 3.82. The molecule has 4 heterocycles. The van der Waals surface area contributed by atoms with E-state index in [1.165, 1.54) is 0 Å². The molecule has 26 heavy (non-hydrogen) atoms. The molecule has 0 aromatic carbocycles. The predicted octanol–water partition coefficient (Wildman–Crippen LogP) is 1.91. The molecule has 3 fully saturated rings. The average molecular weight is 357 g/mol. The third-order valence-corrected chi connectivity index (χ3v) is 6.02. The van der Waals surface area contributed by atoms with E-state index in [4.69, 9.17) is 4.74 Å². The summed E-state index contributed by atoms with van der Waals surface area (Å²) < 4.78 is 5.40. The highest BCUT2D eigenvalue weighted by molar-refractivity contribution is 5.81. The molecule has 0 spiro atoms. The van der Waals surface area contributed by atoms with Gasteiger partial charge in [0, 0.05) is 37.8 Å². The molecule has 3 saturated heterocycles. The zero-order valence-electron chi connectivity index (χ0n) is 15.4. The quantitative estimate of drug-likeness (QED) is 0.829. The van der Waals surface area contributed by atoms with Crippen molar-refractivity contribution < 1.29 is 14.3 Å². The second kappa shape index (κ2) is 7.35. The van der Waals surface area contributed by atoms with Gasteiger partial charge in [-0.15, -0.1) is 0 Å². The molecule has 6 heteroatoms. The fourth-order valence-corrected chi connectivity index (χ4v) is 4.67. The molecule has 0 unspecified atom stereocenters. The maximum Gasteiger partial charge on any atom is 0.226 e. The van der Waals surface area contributed by atoms with Crippen molar-refractivity contribution in [3.05, 3.63) is 29.6 Å². The molecule has 6 nitrogen and oxygen atoms in total. The summed E-state index contributed by atoms with van der Waals surface area (Å²) in [6, 6.07) is 6.21. The van der Waals surface area contributed by atoms with Crippen molar-refractivity contribution in [2.45, 2.75) is 57.7 Å². The first-order valence-electron chi connectivity index (χ1n) is 9.74. The first kappa shape index (κ1) is 17.5. The maximum absolute atomic E-state index is 13.0. The van der Waals surface area contributed by atoms with Gasteiger partial charge in [-0.05, 0) is 44.7 Å². The maximum atomic E-state index is 13.0. The van der Waals surface area contributed by atoms with Crippen molar-refractivity contribution in [2.75, 3.05) is 19.8 Å². The predicted molar refractivity (Wildman–Crippen MR) is 96.2 cm³/mol. The van der Waals surface area contributed by atoms with E-state index >= 15 is 0 Å². The van der Waals surface area contributed by atoms with Gasteiger partial charge in [-0.1, -0.05) is 6.07 Å². The molecule has 2 atom stereocenters. The van der Waals surface area contributed by atoms with Gasteiger partial charge in [-0.25, -0.2) is 0 Å². The monoisotopic (exact) mass is 357 g/mol. The molecule has 1 aromatic rings. The van der Waals surface area contributed by atoms with Gasteiger partial charge in [-0.3, -0.25) is 14.6 Å². The third-order valence-electron chi connectivity index (χ3n) is 6.02. The molecule has 0 saturated carbocycles. The van der Waals surface area contributed by atoms with E-state index in [9.17, 15) is 9.59 Å². The van der Waals surface area contributed by atoms with E-state index in [-0.39, 0.29) is 29.8 Å². The smallest absolute Gasteiger partial charge is 0.226 e. The summed E-state index contributed by atoms with van der Waals surface area (Å²) in [5.41, 5.74) is 1.89. The van der Waals surface area contributed by atoms with E-state index in [1.807, 2.05) is 30.0 Å². The first-order valence-corrected chi connectivity index (χ1v) is 9.74. The number of hydrogen-bond donors (Lipinski definition) is 0. The zero-order chi connectivity index (χ0) is 18.1. The van der Waals surface area contributed by atoms with Crippen LogP contribution in [0.4, 0.5) is 0 Å². The van der Waals surface area contributed by atoms with Gasteiger partial charge in [0.25, 0.3) is 0 Å². The second-order valence-electron chi connectivity index (χ2n) is 7.67. The van der Waals surface area contributed by atoms with Crippen LogP contribution in [0, 0.1) is 12.8 Å². The standard InChI is InChI=1S/C20H27N3O3/c1-14-3-2-4-16(21-14)13-23-18-7-10-22(17(18)5-6-19(23)24)20(25)15-8-11-26-12-9-15/h2-4,15,17-18H,5-13H2,1H3/t17-,18-/m1/s1. The van der Waals surface area contributed by atoms with E-state index in [1.54, 1.807) is 0 Å². The van der Waals surface area contributed by atoms with E-state index in [2.05, 4.69) is 9.88 Å². The molecule has 3 aliphatic rings. The highest BCUT2D eigenvalue weighted by Crippen LogP contribution is 2.34. The number of hydrogen-bond acceptors (Lipinski definition) is 4. The first-order chi connectivity index (χ1) is 12.6. The number of aromatic nitrogens is 1. The Morgan fingerprint density at radius 2 is 2.00 bits per heavy atom. The van der Waals surface area contributed by atoms with E-state index < -0.39 is 0 Å². The lowest BCUT2D eigenvalue weighted by Crippen LogP contribution is -2.53. The minimum absolute atomic E-state index is 0.0898. The Hall–Kier alpha value is -1.95. The summed E-state index contributed by atoms with van der Waals surface area (Å²) in [5, 5.41) is 0. The minimum Gasteiger partial charge on any atom is -0.381 e. The number of nitrogens with zero attached hydrogens (tertiary/aromatic N) is 3. The lowest BCUT2D eigenvalue weighted by Gasteiger charge is -2.40. The fourth-order valence-electron chi connectivity index (χ4n) is 4.67.